The average Bonchev–Trinajstić information content (AvgIpc) is 3.43. The van der Waals surface area contributed by atoms with Gasteiger partial charge in [-0.1, -0.05) is 5.16 Å². The molecule has 3 amide bonds. The number of nitro groups is 1. The van der Waals surface area contributed by atoms with Crippen molar-refractivity contribution < 1.29 is 43.2 Å². The zero-order chi connectivity index (χ0) is 32.0. The molecule has 18 heteroatoms. The van der Waals surface area contributed by atoms with Crippen LogP contribution >= 0.6 is 23.1 Å². The van der Waals surface area contributed by atoms with E-state index in [2.05, 4.69) is 20.8 Å². The number of thiazole rings is 1. The second-order valence-corrected chi connectivity index (χ2v) is 12.1. The number of nitrogens with one attached hydrogen (secondary N) is 2. The van der Waals surface area contributed by atoms with E-state index in [1.54, 1.807) is 20.8 Å². The lowest BCUT2D eigenvalue weighted by atomic mass is 10.1. The van der Waals surface area contributed by atoms with Crippen molar-refractivity contribution in [2.45, 2.75) is 44.4 Å². The number of benzene rings is 1. The number of ether oxygens (including phenoxy) is 2. The highest BCUT2D eigenvalue weighted by Crippen LogP contribution is 2.36. The van der Waals surface area contributed by atoms with Gasteiger partial charge in [0.2, 0.25) is 13.0 Å². The molecule has 44 heavy (non-hydrogen) atoms. The van der Waals surface area contributed by atoms with Crippen LogP contribution in [0.2, 0.25) is 0 Å². The third-order valence-corrected chi connectivity index (χ3v) is 7.84. The SMILES string of the molecule is CC(C)(C)OC(=O)CON=C(C(=O)NC1C(=O)N2C=C(C(=O)OCc3ccc([N+](=O)[O-])cc3)CS[C@H]12)c1csc(NC=O)n1. The highest BCUT2D eigenvalue weighted by Gasteiger charge is 2.50. The van der Waals surface area contributed by atoms with Gasteiger partial charge in [-0.3, -0.25) is 24.5 Å². The van der Waals surface area contributed by atoms with Gasteiger partial charge in [0.25, 0.3) is 17.5 Å². The van der Waals surface area contributed by atoms with Crippen LogP contribution in [-0.2, 0) is 44.9 Å². The number of anilines is 1. The largest absolute Gasteiger partial charge is 0.457 e. The van der Waals surface area contributed by atoms with Gasteiger partial charge in [-0.25, -0.2) is 14.6 Å². The van der Waals surface area contributed by atoms with Gasteiger partial charge in [0.1, 0.15) is 29.3 Å². The number of β-lactam (4-membered cyclic amide) rings is 1. The Kier molecular flexibility index (Phi) is 9.94. The van der Waals surface area contributed by atoms with Gasteiger partial charge in [-0.2, -0.15) is 0 Å². The lowest BCUT2D eigenvalue weighted by molar-refractivity contribution is -0.384. The van der Waals surface area contributed by atoms with Crippen LogP contribution in [0.5, 0.6) is 0 Å². The first-order valence-electron chi connectivity index (χ1n) is 12.8. The van der Waals surface area contributed by atoms with Crippen LogP contribution in [-0.4, -0.2) is 80.1 Å². The molecule has 0 spiro atoms. The summed E-state index contributed by atoms with van der Waals surface area (Å²) in [5.74, 6) is -2.51. The molecular formula is C26H26N6O10S2. The van der Waals surface area contributed by atoms with Crippen molar-refractivity contribution in [1.29, 1.82) is 0 Å². The molecule has 4 rings (SSSR count). The molecule has 16 nitrogen and oxygen atoms in total. The second-order valence-electron chi connectivity index (χ2n) is 10.2. The monoisotopic (exact) mass is 646 g/mol. The number of carbonyl (C=O) groups is 5. The number of hydrogen-bond donors (Lipinski definition) is 2. The molecular weight excluding hydrogens is 620 g/mol. The summed E-state index contributed by atoms with van der Waals surface area (Å²) in [6.07, 6.45) is 1.77. The highest BCUT2D eigenvalue weighted by molar-refractivity contribution is 8.00. The van der Waals surface area contributed by atoms with Gasteiger partial charge in [0.05, 0.1) is 10.5 Å². The Labute approximate surface area is 257 Å². The Bertz CT molecular complexity index is 1530. The van der Waals surface area contributed by atoms with E-state index >= 15 is 0 Å². The number of amides is 3. The molecule has 1 aromatic heterocycles. The van der Waals surface area contributed by atoms with Crippen molar-refractivity contribution in [3.05, 3.63) is 62.8 Å². The fourth-order valence-corrected chi connectivity index (χ4v) is 5.71. The maximum Gasteiger partial charge on any atom is 0.347 e. The molecule has 2 aliphatic rings. The van der Waals surface area contributed by atoms with Crippen LogP contribution in [0, 0.1) is 10.1 Å². The minimum absolute atomic E-state index is 0.0268. The minimum atomic E-state index is -0.969. The maximum absolute atomic E-state index is 13.2. The molecule has 1 saturated heterocycles. The molecule has 0 saturated carbocycles. The maximum atomic E-state index is 13.2. The van der Waals surface area contributed by atoms with Gasteiger partial charge in [0.15, 0.2) is 10.8 Å². The number of oxime groups is 1. The summed E-state index contributed by atoms with van der Waals surface area (Å²) < 4.78 is 10.4. The lowest BCUT2D eigenvalue weighted by Crippen LogP contribution is -2.69. The van der Waals surface area contributed by atoms with Crippen molar-refractivity contribution in [2.75, 3.05) is 17.7 Å². The first-order chi connectivity index (χ1) is 20.9. The van der Waals surface area contributed by atoms with E-state index in [1.165, 1.54) is 52.5 Å². The Morgan fingerprint density at radius 3 is 2.64 bits per heavy atom. The predicted octanol–water partition coefficient (Wildman–Crippen LogP) is 1.71. The summed E-state index contributed by atoms with van der Waals surface area (Å²) in [5, 5.41) is 20.6. The molecule has 1 aromatic carbocycles. The topological polar surface area (TPSA) is 209 Å². The zero-order valence-electron chi connectivity index (χ0n) is 23.5. The van der Waals surface area contributed by atoms with E-state index in [9.17, 15) is 34.1 Å². The molecule has 2 aliphatic heterocycles. The molecule has 3 heterocycles. The second kappa shape index (κ2) is 13.6. The van der Waals surface area contributed by atoms with Gasteiger partial charge in [0, 0.05) is 29.5 Å². The molecule has 232 valence electrons. The number of esters is 2. The smallest absolute Gasteiger partial charge is 0.347 e. The average molecular weight is 647 g/mol. The van der Waals surface area contributed by atoms with Crippen LogP contribution in [0.3, 0.4) is 0 Å². The number of nitro benzene ring substituents is 1. The summed E-state index contributed by atoms with van der Waals surface area (Å²) >= 11 is 2.24. The van der Waals surface area contributed by atoms with Gasteiger partial charge >= 0.3 is 11.9 Å². The Balaban J connectivity index is 1.38. The van der Waals surface area contributed by atoms with Crippen LogP contribution in [0.15, 0.2) is 46.6 Å². The van der Waals surface area contributed by atoms with Crippen LogP contribution in [0.1, 0.15) is 32.0 Å². The molecule has 0 bridgehead atoms. The number of carbonyl (C=O) groups excluding carboxylic acids is 5. The van der Waals surface area contributed by atoms with Crippen molar-refractivity contribution in [1.82, 2.24) is 15.2 Å². The zero-order valence-corrected chi connectivity index (χ0v) is 25.1. The lowest BCUT2D eigenvalue weighted by Gasteiger charge is -2.47. The minimum Gasteiger partial charge on any atom is -0.457 e. The summed E-state index contributed by atoms with van der Waals surface area (Å²) in [6.45, 7) is 4.31. The van der Waals surface area contributed by atoms with Gasteiger partial charge < -0.3 is 29.8 Å². The van der Waals surface area contributed by atoms with Crippen LogP contribution in [0.4, 0.5) is 10.8 Å². The summed E-state index contributed by atoms with van der Waals surface area (Å²) in [7, 11) is 0. The van der Waals surface area contributed by atoms with Crippen molar-refractivity contribution in [3.8, 4) is 0 Å². The van der Waals surface area contributed by atoms with E-state index < -0.39 is 52.3 Å². The highest BCUT2D eigenvalue weighted by atomic mass is 32.2. The molecule has 1 unspecified atom stereocenters. The van der Waals surface area contributed by atoms with Crippen LogP contribution < -0.4 is 10.6 Å². The molecule has 2 N–H and O–H groups in total. The van der Waals surface area contributed by atoms with Crippen molar-refractivity contribution >= 4 is 69.8 Å². The third-order valence-electron chi connectivity index (χ3n) is 5.75. The Morgan fingerprint density at radius 1 is 1.25 bits per heavy atom. The number of non-ortho nitro benzene ring substituents is 1. The number of thioether (sulfide) groups is 1. The molecule has 2 aromatic rings. The summed E-state index contributed by atoms with van der Waals surface area (Å²) in [4.78, 5) is 82.2. The van der Waals surface area contributed by atoms with Crippen molar-refractivity contribution in [2.24, 2.45) is 5.16 Å². The molecule has 0 aliphatic carbocycles. The number of hydrogen-bond acceptors (Lipinski definition) is 14. The van der Waals surface area contributed by atoms with Gasteiger partial charge in [-0.15, -0.1) is 23.1 Å². The predicted molar refractivity (Wildman–Crippen MR) is 156 cm³/mol. The van der Waals surface area contributed by atoms with E-state index in [-0.39, 0.29) is 40.2 Å². The number of nitrogens with zero attached hydrogens (tertiary/aromatic N) is 4. The van der Waals surface area contributed by atoms with Crippen molar-refractivity contribution in [3.63, 3.8) is 0 Å². The van der Waals surface area contributed by atoms with E-state index in [1.807, 2.05) is 0 Å². The quantitative estimate of drug-likeness (QED) is 0.0843. The standard InChI is InChI=1S/C26H26N6O10S2/c1-26(2,3)42-18(34)10-41-30-19(17-12-44-25(28-17)27-13-33)21(35)29-20-22(36)31-8-15(11-43-23(20)31)24(37)40-9-14-4-6-16(7-5-14)32(38)39/h4-8,12-13,20,23H,9-11H2,1-3H3,(H,29,35)(H,27,28,33)/t20?,23-/m1/s1. The van der Waals surface area contributed by atoms with E-state index in [0.717, 1.165) is 11.3 Å². The fourth-order valence-electron chi connectivity index (χ4n) is 3.81. The normalized spacial score (nSPS) is 17.8. The van der Waals surface area contributed by atoms with E-state index in [4.69, 9.17) is 14.3 Å². The third kappa shape index (κ3) is 7.95. The van der Waals surface area contributed by atoms with E-state index in [0.29, 0.717) is 12.0 Å². The van der Waals surface area contributed by atoms with Crippen LogP contribution in [0.25, 0.3) is 0 Å². The summed E-state index contributed by atoms with van der Waals surface area (Å²) in [5.41, 5.74) is -0.396. The number of rotatable bonds is 12. The molecule has 1 fully saturated rings. The Hall–Kier alpha value is -4.84. The fraction of sp³-hybridized carbons (Fsp3) is 0.346. The van der Waals surface area contributed by atoms with Gasteiger partial charge in [-0.05, 0) is 38.5 Å². The number of fused-ring (bicyclic) bond motifs is 1. The molecule has 0 radical (unpaired) electrons. The molecule has 2 atom stereocenters. The first-order valence-corrected chi connectivity index (χ1v) is 14.7. The summed E-state index contributed by atoms with van der Waals surface area (Å²) in [6, 6.07) is 4.58. The Morgan fingerprint density at radius 2 is 1.98 bits per heavy atom. The first kappa shape index (κ1) is 32.1. The number of aromatic nitrogens is 1.